The average Bonchev–Trinajstić information content (AvgIpc) is 3.46. The molecule has 8 nitrogen and oxygen atoms in total. The second-order valence-electron chi connectivity index (χ2n) is 8.04. The quantitative estimate of drug-likeness (QED) is 0.336. The van der Waals surface area contributed by atoms with Gasteiger partial charge in [-0.3, -0.25) is 0 Å². The summed E-state index contributed by atoms with van der Waals surface area (Å²) in [6.07, 6.45) is 1.42. The minimum atomic E-state index is 0.529. The van der Waals surface area contributed by atoms with Gasteiger partial charge in [0.2, 0.25) is 0 Å². The number of imidazole rings is 1. The molecule has 0 amide bonds. The molecule has 0 spiro atoms. The first kappa shape index (κ1) is 22.0. The number of fused-ring (bicyclic) bond motifs is 1. The Hall–Kier alpha value is -4.77. The number of benzene rings is 3. The van der Waals surface area contributed by atoms with Crippen LogP contribution in [0.3, 0.4) is 0 Å². The molecule has 0 atom stereocenters. The van der Waals surface area contributed by atoms with E-state index in [0.29, 0.717) is 17.1 Å². The highest BCUT2D eigenvalue weighted by atomic mass is 16.5. The number of rotatable bonds is 6. The van der Waals surface area contributed by atoms with Crippen molar-refractivity contribution < 1.29 is 13.9 Å². The van der Waals surface area contributed by atoms with Gasteiger partial charge in [0.15, 0.2) is 12.2 Å². The molecule has 0 aliphatic heterocycles. The standard InChI is InChI=1S/C27H23N5O3/c1-16-26(35-15-29-16)21-9-8-19(13-24(21)34-4)30-22-10-17(14-28)11-23-25(22)31-27(32(23)2)18-6-5-7-20(12-18)33-3/h5-13,15,30H,1-4H3. The smallest absolute Gasteiger partial charge is 0.181 e. The van der Waals surface area contributed by atoms with Crippen LogP contribution in [0.5, 0.6) is 11.5 Å². The van der Waals surface area contributed by atoms with Crippen molar-refractivity contribution in [2.75, 3.05) is 19.5 Å². The highest BCUT2D eigenvalue weighted by Gasteiger charge is 2.17. The van der Waals surface area contributed by atoms with Crippen LogP contribution in [0.4, 0.5) is 11.4 Å². The molecule has 0 aliphatic rings. The summed E-state index contributed by atoms with van der Waals surface area (Å²) < 4.78 is 18.5. The van der Waals surface area contributed by atoms with E-state index in [1.165, 1.54) is 6.39 Å². The molecule has 2 heterocycles. The van der Waals surface area contributed by atoms with Crippen LogP contribution < -0.4 is 14.8 Å². The zero-order chi connectivity index (χ0) is 24.5. The van der Waals surface area contributed by atoms with E-state index in [4.69, 9.17) is 18.9 Å². The third-order valence-electron chi connectivity index (χ3n) is 5.91. The molecular weight excluding hydrogens is 442 g/mol. The number of nitrogens with zero attached hydrogens (tertiary/aromatic N) is 4. The lowest BCUT2D eigenvalue weighted by molar-refractivity contribution is 0.414. The lowest BCUT2D eigenvalue weighted by Crippen LogP contribution is -1.96. The Morgan fingerprint density at radius 2 is 1.91 bits per heavy atom. The fourth-order valence-electron chi connectivity index (χ4n) is 4.14. The van der Waals surface area contributed by atoms with Crippen molar-refractivity contribution in [3.05, 3.63) is 72.2 Å². The predicted octanol–water partition coefficient (Wildman–Crippen LogP) is 5.84. The van der Waals surface area contributed by atoms with Gasteiger partial charge in [-0.05, 0) is 43.3 Å². The number of methoxy groups -OCH3 is 2. The van der Waals surface area contributed by atoms with Gasteiger partial charge in [-0.25, -0.2) is 9.97 Å². The second kappa shape index (κ2) is 8.88. The number of nitriles is 1. The van der Waals surface area contributed by atoms with Gasteiger partial charge in [0.1, 0.15) is 22.8 Å². The number of hydrogen-bond acceptors (Lipinski definition) is 7. The van der Waals surface area contributed by atoms with Crippen molar-refractivity contribution in [3.63, 3.8) is 0 Å². The van der Waals surface area contributed by atoms with Gasteiger partial charge in [0.05, 0.1) is 48.3 Å². The predicted molar refractivity (Wildman–Crippen MR) is 134 cm³/mol. The van der Waals surface area contributed by atoms with Crippen LogP contribution >= 0.6 is 0 Å². The number of anilines is 2. The first-order chi connectivity index (χ1) is 17.0. The van der Waals surface area contributed by atoms with Gasteiger partial charge in [-0.15, -0.1) is 0 Å². The van der Waals surface area contributed by atoms with Crippen molar-refractivity contribution in [2.45, 2.75) is 6.92 Å². The minimum absolute atomic E-state index is 0.529. The summed E-state index contributed by atoms with van der Waals surface area (Å²) in [6, 6.07) is 19.4. The van der Waals surface area contributed by atoms with Crippen LogP contribution in [0, 0.1) is 18.3 Å². The highest BCUT2D eigenvalue weighted by molar-refractivity contribution is 5.94. The van der Waals surface area contributed by atoms with Gasteiger partial charge in [-0.2, -0.15) is 5.26 Å². The van der Waals surface area contributed by atoms with Gasteiger partial charge in [0, 0.05) is 24.4 Å². The van der Waals surface area contributed by atoms with Crippen LogP contribution in [0.15, 0.2) is 65.4 Å². The number of oxazole rings is 1. The van der Waals surface area contributed by atoms with Crippen LogP contribution in [-0.2, 0) is 7.05 Å². The summed E-state index contributed by atoms with van der Waals surface area (Å²) in [4.78, 5) is 9.09. The topological polar surface area (TPSA) is 98.1 Å². The molecular formula is C27H23N5O3. The van der Waals surface area contributed by atoms with Crippen molar-refractivity contribution >= 4 is 22.4 Å². The van der Waals surface area contributed by atoms with E-state index >= 15 is 0 Å². The van der Waals surface area contributed by atoms with E-state index in [0.717, 1.165) is 50.8 Å². The Labute approximate surface area is 202 Å². The lowest BCUT2D eigenvalue weighted by atomic mass is 10.1. The summed E-state index contributed by atoms with van der Waals surface area (Å²) >= 11 is 0. The Balaban J connectivity index is 1.60. The summed E-state index contributed by atoms with van der Waals surface area (Å²) in [5, 5.41) is 13.1. The van der Waals surface area contributed by atoms with Crippen LogP contribution in [-0.4, -0.2) is 28.8 Å². The maximum Gasteiger partial charge on any atom is 0.181 e. The zero-order valence-corrected chi connectivity index (χ0v) is 19.8. The summed E-state index contributed by atoms with van der Waals surface area (Å²) in [7, 11) is 5.19. The molecule has 0 saturated carbocycles. The molecule has 8 heteroatoms. The van der Waals surface area contributed by atoms with Crippen molar-refractivity contribution in [3.8, 4) is 40.3 Å². The van der Waals surface area contributed by atoms with Crippen molar-refractivity contribution in [1.29, 1.82) is 5.26 Å². The molecule has 0 saturated heterocycles. The second-order valence-corrected chi connectivity index (χ2v) is 8.04. The Kier molecular flexibility index (Phi) is 5.59. The van der Waals surface area contributed by atoms with Crippen molar-refractivity contribution in [1.82, 2.24) is 14.5 Å². The Bertz CT molecular complexity index is 1590. The van der Waals surface area contributed by atoms with Gasteiger partial charge in [-0.1, -0.05) is 12.1 Å². The number of aromatic nitrogens is 3. The molecule has 0 aliphatic carbocycles. The van der Waals surface area contributed by atoms with E-state index in [1.807, 2.05) is 67.1 Å². The zero-order valence-electron chi connectivity index (χ0n) is 19.8. The molecule has 174 valence electrons. The molecule has 0 bridgehead atoms. The summed E-state index contributed by atoms with van der Waals surface area (Å²) in [5.74, 6) is 2.82. The Morgan fingerprint density at radius 3 is 2.63 bits per heavy atom. The van der Waals surface area contributed by atoms with Crippen molar-refractivity contribution in [2.24, 2.45) is 7.05 Å². The lowest BCUT2D eigenvalue weighted by Gasteiger charge is -2.12. The third-order valence-corrected chi connectivity index (χ3v) is 5.91. The fourth-order valence-corrected chi connectivity index (χ4v) is 4.14. The van der Waals surface area contributed by atoms with Gasteiger partial charge < -0.3 is 23.8 Å². The molecule has 0 radical (unpaired) electrons. The van der Waals surface area contributed by atoms with Gasteiger partial charge in [0.25, 0.3) is 0 Å². The first-order valence-electron chi connectivity index (χ1n) is 10.9. The molecule has 2 aromatic heterocycles. The average molecular weight is 466 g/mol. The van der Waals surface area contributed by atoms with Gasteiger partial charge >= 0.3 is 0 Å². The van der Waals surface area contributed by atoms with E-state index < -0.39 is 0 Å². The summed E-state index contributed by atoms with van der Waals surface area (Å²) in [6.45, 7) is 1.88. The maximum absolute atomic E-state index is 9.66. The SMILES string of the molecule is COc1cccc(-c2nc3c(Nc4ccc(-c5ocnc5C)c(OC)c4)cc(C#N)cc3n2C)c1. The molecule has 5 aromatic rings. The molecule has 0 unspecified atom stereocenters. The Morgan fingerprint density at radius 1 is 1.06 bits per heavy atom. The number of ether oxygens (including phenoxy) is 2. The highest BCUT2D eigenvalue weighted by Crippen LogP contribution is 2.37. The molecule has 35 heavy (non-hydrogen) atoms. The molecule has 0 fully saturated rings. The van der Waals surface area contributed by atoms with Crippen LogP contribution in [0.1, 0.15) is 11.3 Å². The number of nitrogens with one attached hydrogen (secondary N) is 1. The fraction of sp³-hybridized carbons (Fsp3) is 0.148. The largest absolute Gasteiger partial charge is 0.497 e. The first-order valence-corrected chi connectivity index (χ1v) is 10.9. The molecule has 3 aromatic carbocycles. The van der Waals surface area contributed by atoms with E-state index in [-0.39, 0.29) is 0 Å². The normalized spacial score (nSPS) is 10.8. The number of hydrogen-bond donors (Lipinski definition) is 1. The van der Waals surface area contributed by atoms with Crippen LogP contribution in [0.2, 0.25) is 0 Å². The monoisotopic (exact) mass is 465 g/mol. The molecule has 5 rings (SSSR count). The van der Waals surface area contributed by atoms with E-state index in [2.05, 4.69) is 16.4 Å². The van der Waals surface area contributed by atoms with Crippen LogP contribution in [0.25, 0.3) is 33.7 Å². The minimum Gasteiger partial charge on any atom is -0.497 e. The number of aryl methyl sites for hydroxylation is 2. The maximum atomic E-state index is 9.66. The third kappa shape index (κ3) is 3.93. The molecule has 1 N–H and O–H groups in total. The van der Waals surface area contributed by atoms with E-state index in [9.17, 15) is 5.26 Å². The van der Waals surface area contributed by atoms with E-state index in [1.54, 1.807) is 20.3 Å². The summed E-state index contributed by atoms with van der Waals surface area (Å²) in [5.41, 5.74) is 6.13.